The molecule has 0 amide bonds. The predicted molar refractivity (Wildman–Crippen MR) is 41.9 cm³/mol. The topological polar surface area (TPSA) is 20.2 Å². The Morgan fingerprint density at radius 2 is 1.69 bits per heavy atom. The number of benzene rings is 1. The van der Waals surface area contributed by atoms with E-state index in [-0.39, 0.29) is 0 Å². The first-order valence-electron chi connectivity index (χ1n) is 3.65. The van der Waals surface area contributed by atoms with Crippen molar-refractivity contribution >= 4 is 0 Å². The van der Waals surface area contributed by atoms with Crippen molar-refractivity contribution < 1.29 is 18.3 Å². The summed E-state index contributed by atoms with van der Waals surface area (Å²) in [5.74, 6) is 0. The Kier molecular flexibility index (Phi) is 2.93. The molecule has 13 heavy (non-hydrogen) atoms. The molecule has 0 fully saturated rings. The molecule has 1 rings (SSSR count). The van der Waals surface area contributed by atoms with Gasteiger partial charge in [0.1, 0.15) is 0 Å². The summed E-state index contributed by atoms with van der Waals surface area (Å²) in [5, 5.41) is 8.66. The molecule has 0 aliphatic heterocycles. The van der Waals surface area contributed by atoms with Crippen molar-refractivity contribution in [1.29, 1.82) is 0 Å². The van der Waals surface area contributed by atoms with Crippen molar-refractivity contribution in [3.8, 4) is 0 Å². The standard InChI is InChI=1S/C9H8F3O/c10-9(11,12)8(13)6-7-4-2-1-3-5-7/h1-6,8,13H. The molecule has 0 spiro atoms. The van der Waals surface area contributed by atoms with Gasteiger partial charge in [0.25, 0.3) is 0 Å². The van der Waals surface area contributed by atoms with Gasteiger partial charge in [-0.15, -0.1) is 0 Å². The first-order chi connectivity index (χ1) is 6.00. The van der Waals surface area contributed by atoms with Crippen molar-refractivity contribution in [2.24, 2.45) is 0 Å². The zero-order chi connectivity index (χ0) is 9.90. The molecule has 0 saturated carbocycles. The molecular formula is C9H8F3O. The molecule has 0 heterocycles. The number of aliphatic hydroxyl groups excluding tert-OH is 1. The molecule has 1 atom stereocenters. The molecule has 0 saturated heterocycles. The highest BCUT2D eigenvalue weighted by molar-refractivity contribution is 5.24. The SMILES string of the molecule is OC([CH]c1ccccc1)C(F)(F)F. The molecule has 1 nitrogen and oxygen atoms in total. The number of hydrogen-bond acceptors (Lipinski definition) is 1. The summed E-state index contributed by atoms with van der Waals surface area (Å²) < 4.78 is 35.6. The maximum atomic E-state index is 11.9. The van der Waals surface area contributed by atoms with E-state index in [9.17, 15) is 13.2 Å². The summed E-state index contributed by atoms with van der Waals surface area (Å²) >= 11 is 0. The molecule has 1 unspecified atom stereocenters. The smallest absolute Gasteiger partial charge is 0.383 e. The third-order valence-corrected chi connectivity index (χ3v) is 1.49. The van der Waals surface area contributed by atoms with Gasteiger partial charge in [0, 0.05) is 6.42 Å². The van der Waals surface area contributed by atoms with E-state index in [0.29, 0.717) is 5.56 Å². The summed E-state index contributed by atoms with van der Waals surface area (Å²) in [6.45, 7) is 0. The quantitative estimate of drug-likeness (QED) is 0.755. The molecule has 1 aromatic rings. The third-order valence-electron chi connectivity index (χ3n) is 1.49. The van der Waals surface area contributed by atoms with Gasteiger partial charge < -0.3 is 5.11 Å². The molecule has 1 aromatic carbocycles. The van der Waals surface area contributed by atoms with Crippen LogP contribution in [0.4, 0.5) is 13.2 Å². The number of alkyl halides is 3. The fraction of sp³-hybridized carbons (Fsp3) is 0.222. The fourth-order valence-electron chi connectivity index (χ4n) is 0.841. The van der Waals surface area contributed by atoms with Crippen LogP contribution in [0.25, 0.3) is 0 Å². The maximum Gasteiger partial charge on any atom is 0.414 e. The van der Waals surface area contributed by atoms with Gasteiger partial charge >= 0.3 is 6.18 Å². The second-order valence-electron chi connectivity index (χ2n) is 2.56. The summed E-state index contributed by atoms with van der Waals surface area (Å²) in [6, 6.07) is 7.89. The fourth-order valence-corrected chi connectivity index (χ4v) is 0.841. The largest absolute Gasteiger partial charge is 0.414 e. The van der Waals surface area contributed by atoms with Crippen LogP contribution in [0.2, 0.25) is 0 Å². The average molecular weight is 189 g/mol. The average Bonchev–Trinajstić information content (AvgIpc) is 2.04. The Hall–Kier alpha value is -1.03. The Morgan fingerprint density at radius 1 is 1.15 bits per heavy atom. The minimum Gasteiger partial charge on any atom is -0.383 e. The second kappa shape index (κ2) is 3.79. The summed E-state index contributed by atoms with van der Waals surface area (Å²) in [4.78, 5) is 0. The molecule has 0 bridgehead atoms. The molecular weight excluding hydrogens is 181 g/mol. The number of hydrogen-bond donors (Lipinski definition) is 1. The second-order valence-corrected chi connectivity index (χ2v) is 2.56. The maximum absolute atomic E-state index is 11.9. The van der Waals surface area contributed by atoms with E-state index in [0.717, 1.165) is 6.42 Å². The molecule has 1 radical (unpaired) electrons. The monoisotopic (exact) mass is 189 g/mol. The van der Waals surface area contributed by atoms with Gasteiger partial charge in [0.05, 0.1) is 0 Å². The summed E-state index contributed by atoms with van der Waals surface area (Å²) in [5.41, 5.74) is 0.354. The molecule has 0 aliphatic carbocycles. The normalized spacial score (nSPS) is 14.2. The zero-order valence-corrected chi connectivity index (χ0v) is 6.62. The first-order valence-corrected chi connectivity index (χ1v) is 3.65. The lowest BCUT2D eigenvalue weighted by Crippen LogP contribution is -2.29. The number of aliphatic hydroxyl groups is 1. The molecule has 4 heteroatoms. The van der Waals surface area contributed by atoms with Gasteiger partial charge in [-0.2, -0.15) is 13.2 Å². The Balaban J connectivity index is 2.61. The van der Waals surface area contributed by atoms with Crippen molar-refractivity contribution in [1.82, 2.24) is 0 Å². The van der Waals surface area contributed by atoms with Gasteiger partial charge in [-0.25, -0.2) is 0 Å². The van der Waals surface area contributed by atoms with Crippen LogP contribution in [-0.2, 0) is 0 Å². The Bertz CT molecular complexity index is 255. The molecule has 1 N–H and O–H groups in total. The molecule has 0 aromatic heterocycles. The van der Waals surface area contributed by atoms with Gasteiger partial charge in [-0.05, 0) is 5.56 Å². The van der Waals surface area contributed by atoms with E-state index in [1.54, 1.807) is 18.2 Å². The van der Waals surface area contributed by atoms with Crippen LogP contribution < -0.4 is 0 Å². The van der Waals surface area contributed by atoms with E-state index >= 15 is 0 Å². The van der Waals surface area contributed by atoms with Gasteiger partial charge in [0.2, 0.25) is 0 Å². The van der Waals surface area contributed by atoms with Crippen LogP contribution in [-0.4, -0.2) is 17.4 Å². The van der Waals surface area contributed by atoms with Crippen molar-refractivity contribution in [3.05, 3.63) is 42.3 Å². The van der Waals surface area contributed by atoms with Gasteiger partial charge in [-0.3, -0.25) is 0 Å². The van der Waals surface area contributed by atoms with Crippen molar-refractivity contribution in [2.75, 3.05) is 0 Å². The van der Waals surface area contributed by atoms with E-state index in [1.807, 2.05) is 0 Å². The summed E-state index contributed by atoms with van der Waals surface area (Å²) in [6.07, 6.45) is -6.22. The predicted octanol–water partition coefficient (Wildman–Crippen LogP) is 2.16. The number of halogens is 3. The Labute approximate surface area is 73.8 Å². The van der Waals surface area contributed by atoms with E-state index in [4.69, 9.17) is 5.11 Å². The highest BCUT2D eigenvalue weighted by atomic mass is 19.4. The minimum absolute atomic E-state index is 0.354. The zero-order valence-electron chi connectivity index (χ0n) is 6.62. The van der Waals surface area contributed by atoms with Crippen molar-refractivity contribution in [3.63, 3.8) is 0 Å². The highest BCUT2D eigenvalue weighted by Crippen LogP contribution is 2.23. The van der Waals surface area contributed by atoms with Crippen LogP contribution in [0.1, 0.15) is 5.56 Å². The lowest BCUT2D eigenvalue weighted by Gasteiger charge is -2.13. The van der Waals surface area contributed by atoms with E-state index in [2.05, 4.69) is 0 Å². The molecule has 0 aliphatic rings. The number of rotatable bonds is 2. The van der Waals surface area contributed by atoms with Crippen LogP contribution in [0, 0.1) is 6.42 Å². The lowest BCUT2D eigenvalue weighted by molar-refractivity contribution is -0.191. The highest BCUT2D eigenvalue weighted by Gasteiger charge is 2.38. The van der Waals surface area contributed by atoms with Crippen LogP contribution in [0.15, 0.2) is 30.3 Å². The molecule has 71 valence electrons. The van der Waals surface area contributed by atoms with Crippen LogP contribution in [0.5, 0.6) is 0 Å². The minimum atomic E-state index is -4.59. The third kappa shape index (κ3) is 3.06. The summed E-state index contributed by atoms with van der Waals surface area (Å²) in [7, 11) is 0. The van der Waals surface area contributed by atoms with Crippen molar-refractivity contribution in [2.45, 2.75) is 12.3 Å². The van der Waals surface area contributed by atoms with Crippen LogP contribution >= 0.6 is 0 Å². The first kappa shape index (κ1) is 10.1. The van der Waals surface area contributed by atoms with E-state index < -0.39 is 12.3 Å². The Morgan fingerprint density at radius 3 is 2.15 bits per heavy atom. The van der Waals surface area contributed by atoms with E-state index in [1.165, 1.54) is 12.1 Å². The van der Waals surface area contributed by atoms with Gasteiger partial charge in [0.15, 0.2) is 6.10 Å². The van der Waals surface area contributed by atoms with Crippen LogP contribution in [0.3, 0.4) is 0 Å². The van der Waals surface area contributed by atoms with Gasteiger partial charge in [-0.1, -0.05) is 30.3 Å². The lowest BCUT2D eigenvalue weighted by atomic mass is 10.1.